The van der Waals surface area contributed by atoms with Crippen LogP contribution in [0.2, 0.25) is 0 Å². The number of nitro groups is 1. The van der Waals surface area contributed by atoms with Crippen LogP contribution in [0.25, 0.3) is 0 Å². The third-order valence-electron chi connectivity index (χ3n) is 4.06. The maximum Gasteiger partial charge on any atom is 0.269 e. The lowest BCUT2D eigenvalue weighted by Crippen LogP contribution is -2.40. The van der Waals surface area contributed by atoms with Crippen molar-refractivity contribution in [1.82, 2.24) is 5.32 Å². The highest BCUT2D eigenvalue weighted by Crippen LogP contribution is 2.35. The summed E-state index contributed by atoms with van der Waals surface area (Å²) < 4.78 is 0. The number of nitrogens with zero attached hydrogens (tertiary/aromatic N) is 2. The van der Waals surface area contributed by atoms with E-state index in [9.17, 15) is 19.7 Å². The average molecular weight is 333 g/mol. The van der Waals surface area contributed by atoms with Gasteiger partial charge in [0.25, 0.3) is 5.69 Å². The maximum atomic E-state index is 12.5. The molecule has 0 radical (unpaired) electrons. The van der Waals surface area contributed by atoms with Crippen LogP contribution in [0.3, 0.4) is 0 Å². The highest BCUT2D eigenvalue weighted by atomic mass is 16.6. The van der Waals surface area contributed by atoms with E-state index in [-0.39, 0.29) is 36.5 Å². The number of carbonyl (C=O) groups is 2. The first-order valence-electron chi connectivity index (χ1n) is 7.99. The van der Waals surface area contributed by atoms with E-state index < -0.39 is 10.3 Å². The van der Waals surface area contributed by atoms with Gasteiger partial charge in [0.05, 0.1) is 4.92 Å². The van der Waals surface area contributed by atoms with Gasteiger partial charge in [0.2, 0.25) is 11.8 Å². The van der Waals surface area contributed by atoms with Gasteiger partial charge >= 0.3 is 0 Å². The van der Waals surface area contributed by atoms with Gasteiger partial charge in [0, 0.05) is 42.2 Å². The maximum absolute atomic E-state index is 12.5. The summed E-state index contributed by atoms with van der Waals surface area (Å²) in [6.07, 6.45) is 0.791. The molecule has 1 heterocycles. The van der Waals surface area contributed by atoms with Crippen molar-refractivity contribution in [3.8, 4) is 0 Å². The summed E-state index contributed by atoms with van der Waals surface area (Å²) in [7, 11) is 0. The average Bonchev–Trinajstić information content (AvgIpc) is 2.80. The Kier molecular flexibility index (Phi) is 4.91. The fraction of sp³-hybridized carbons (Fsp3) is 0.529. The number of hydrogen-bond donors (Lipinski definition) is 1. The Bertz CT molecular complexity index is 679. The third kappa shape index (κ3) is 3.72. The lowest BCUT2D eigenvalue weighted by atomic mass is 9.96. The Balaban J connectivity index is 2.04. The summed E-state index contributed by atoms with van der Waals surface area (Å²) in [5.74, 6) is -0.190. The zero-order valence-electron chi connectivity index (χ0n) is 14.5. The van der Waals surface area contributed by atoms with Crippen molar-refractivity contribution >= 4 is 23.2 Å². The molecule has 1 atom stereocenters. The molecule has 0 aromatic heterocycles. The number of hydrogen-bond acceptors (Lipinski definition) is 4. The molecule has 2 rings (SSSR count). The number of benzene rings is 1. The van der Waals surface area contributed by atoms with Gasteiger partial charge in [-0.3, -0.25) is 19.7 Å². The smallest absolute Gasteiger partial charge is 0.269 e. The molecule has 0 bridgehead atoms. The van der Waals surface area contributed by atoms with Crippen LogP contribution < -0.4 is 10.2 Å². The molecule has 1 aliphatic rings. The molecular formula is C17H23N3O4. The molecule has 1 N–H and O–H groups in total. The topological polar surface area (TPSA) is 92.6 Å². The van der Waals surface area contributed by atoms with Crippen molar-refractivity contribution in [3.05, 3.63) is 33.9 Å². The van der Waals surface area contributed by atoms with Gasteiger partial charge in [-0.25, -0.2) is 0 Å². The second-order valence-corrected chi connectivity index (χ2v) is 7.14. The first kappa shape index (κ1) is 17.9. The summed E-state index contributed by atoms with van der Waals surface area (Å²) in [6, 6.07) is 4.52. The zero-order valence-corrected chi connectivity index (χ0v) is 14.5. The van der Waals surface area contributed by atoms with E-state index in [0.29, 0.717) is 6.42 Å². The van der Waals surface area contributed by atoms with Gasteiger partial charge in [-0.1, -0.05) is 20.8 Å². The van der Waals surface area contributed by atoms with E-state index in [0.717, 1.165) is 11.3 Å². The Hall–Kier alpha value is -2.44. The van der Waals surface area contributed by atoms with Crippen molar-refractivity contribution in [3.63, 3.8) is 0 Å². The predicted molar refractivity (Wildman–Crippen MR) is 90.8 cm³/mol. The van der Waals surface area contributed by atoms with Crippen molar-refractivity contribution in [2.75, 3.05) is 11.4 Å². The second-order valence-electron chi connectivity index (χ2n) is 7.14. The number of anilines is 1. The molecule has 24 heavy (non-hydrogen) atoms. The van der Waals surface area contributed by atoms with Crippen molar-refractivity contribution < 1.29 is 14.5 Å². The minimum atomic E-state index is -0.491. The van der Waals surface area contributed by atoms with E-state index in [1.165, 1.54) is 12.1 Å². The lowest BCUT2D eigenvalue weighted by Gasteiger charge is -2.23. The minimum absolute atomic E-state index is 0.0349. The monoisotopic (exact) mass is 333 g/mol. The number of amides is 2. The summed E-state index contributed by atoms with van der Waals surface area (Å²) in [4.78, 5) is 36.4. The van der Waals surface area contributed by atoms with Crippen molar-refractivity contribution in [2.45, 2.75) is 46.6 Å². The predicted octanol–water partition coefficient (Wildman–Crippen LogP) is 2.42. The minimum Gasteiger partial charge on any atom is -0.355 e. The summed E-state index contributed by atoms with van der Waals surface area (Å²) in [5.41, 5.74) is 1.08. The zero-order chi connectivity index (χ0) is 18.1. The molecule has 7 nitrogen and oxygen atoms in total. The Morgan fingerprint density at radius 2 is 2.04 bits per heavy atom. The number of carbonyl (C=O) groups excluding carboxylic acids is 2. The summed E-state index contributed by atoms with van der Waals surface area (Å²) in [5, 5.41) is 13.6. The first-order chi connectivity index (χ1) is 11.1. The van der Waals surface area contributed by atoms with Crippen LogP contribution in [-0.2, 0) is 16.0 Å². The molecule has 2 amide bonds. The van der Waals surface area contributed by atoms with Crippen LogP contribution in [0.4, 0.5) is 11.4 Å². The largest absolute Gasteiger partial charge is 0.355 e. The molecule has 0 spiro atoms. The van der Waals surface area contributed by atoms with E-state index >= 15 is 0 Å². The Morgan fingerprint density at radius 1 is 1.38 bits per heavy atom. The molecule has 130 valence electrons. The van der Waals surface area contributed by atoms with E-state index in [1.807, 2.05) is 27.7 Å². The highest BCUT2D eigenvalue weighted by molar-refractivity contribution is 5.96. The van der Waals surface area contributed by atoms with Crippen molar-refractivity contribution in [2.24, 2.45) is 5.41 Å². The molecule has 0 saturated heterocycles. The second kappa shape index (κ2) is 6.59. The quantitative estimate of drug-likeness (QED) is 0.676. The SMILES string of the molecule is CC1Cc2cc([N+](=O)[O-])ccc2N1C(=O)CCNC(=O)C(C)(C)C. The van der Waals surface area contributed by atoms with Crippen LogP contribution in [-0.4, -0.2) is 29.3 Å². The van der Waals surface area contributed by atoms with E-state index in [2.05, 4.69) is 5.32 Å². The highest BCUT2D eigenvalue weighted by Gasteiger charge is 2.32. The normalized spacial score (nSPS) is 16.7. The third-order valence-corrected chi connectivity index (χ3v) is 4.06. The Morgan fingerprint density at radius 3 is 2.62 bits per heavy atom. The number of non-ortho nitro benzene ring substituents is 1. The van der Waals surface area contributed by atoms with Gasteiger partial charge in [0.1, 0.15) is 0 Å². The number of nitrogens with one attached hydrogen (secondary N) is 1. The van der Waals surface area contributed by atoms with Gasteiger partial charge in [-0.15, -0.1) is 0 Å². The molecular weight excluding hydrogens is 310 g/mol. The number of fused-ring (bicyclic) bond motifs is 1. The molecule has 7 heteroatoms. The standard InChI is InChI=1S/C17H23N3O4/c1-11-9-12-10-13(20(23)24)5-6-14(12)19(11)15(21)7-8-18-16(22)17(2,3)4/h5-6,10-11H,7-9H2,1-4H3,(H,18,22). The van der Waals surface area contributed by atoms with Gasteiger partial charge in [0.15, 0.2) is 0 Å². The van der Waals surface area contributed by atoms with Crippen LogP contribution in [0.15, 0.2) is 18.2 Å². The van der Waals surface area contributed by atoms with Gasteiger partial charge in [-0.2, -0.15) is 0 Å². The number of rotatable bonds is 4. The van der Waals surface area contributed by atoms with Crippen LogP contribution in [0.5, 0.6) is 0 Å². The molecule has 0 aliphatic carbocycles. The number of nitro benzene ring substituents is 1. The lowest BCUT2D eigenvalue weighted by molar-refractivity contribution is -0.384. The van der Waals surface area contributed by atoms with E-state index in [1.54, 1.807) is 11.0 Å². The molecule has 0 fully saturated rings. The van der Waals surface area contributed by atoms with E-state index in [4.69, 9.17) is 0 Å². The molecule has 1 unspecified atom stereocenters. The van der Waals surface area contributed by atoms with Gasteiger partial charge in [-0.05, 0) is 25.0 Å². The fourth-order valence-electron chi connectivity index (χ4n) is 2.78. The molecule has 1 aromatic rings. The van der Waals surface area contributed by atoms with Gasteiger partial charge < -0.3 is 10.2 Å². The summed E-state index contributed by atoms with van der Waals surface area (Å²) >= 11 is 0. The Labute approximate surface area is 141 Å². The van der Waals surface area contributed by atoms with Crippen LogP contribution in [0.1, 0.15) is 39.7 Å². The fourth-order valence-corrected chi connectivity index (χ4v) is 2.78. The molecule has 0 saturated carbocycles. The summed E-state index contributed by atoms with van der Waals surface area (Å²) in [6.45, 7) is 7.64. The molecule has 1 aliphatic heterocycles. The van der Waals surface area contributed by atoms with Crippen LogP contribution >= 0.6 is 0 Å². The van der Waals surface area contributed by atoms with Crippen molar-refractivity contribution in [1.29, 1.82) is 0 Å². The molecule has 1 aromatic carbocycles. The van der Waals surface area contributed by atoms with Crippen LogP contribution in [0, 0.1) is 15.5 Å². The first-order valence-corrected chi connectivity index (χ1v) is 7.99.